The lowest BCUT2D eigenvalue weighted by Crippen LogP contribution is -2.31. The number of nitrogens with zero attached hydrogens (tertiary/aromatic N) is 3. The first-order valence-electron chi connectivity index (χ1n) is 7.46. The van der Waals surface area contributed by atoms with Crippen LogP contribution in [0, 0.1) is 13.8 Å². The molecule has 3 heterocycles. The SMILES string of the molecule is COc1nn(C)c2c1CCCN(C(=O)c1cc(C)oc1C)C2. The van der Waals surface area contributed by atoms with Gasteiger partial charge in [0, 0.05) is 19.2 Å². The molecule has 22 heavy (non-hydrogen) atoms. The first kappa shape index (κ1) is 14.7. The van der Waals surface area contributed by atoms with Crippen LogP contribution in [-0.2, 0) is 20.0 Å². The molecule has 6 nitrogen and oxygen atoms in total. The Bertz CT molecular complexity index is 715. The van der Waals surface area contributed by atoms with Gasteiger partial charge in [0.2, 0.25) is 5.88 Å². The number of amides is 1. The number of carbonyl (C=O) groups excluding carboxylic acids is 1. The van der Waals surface area contributed by atoms with E-state index in [0.29, 0.717) is 23.7 Å². The number of ether oxygens (including phenoxy) is 1. The van der Waals surface area contributed by atoms with E-state index >= 15 is 0 Å². The Morgan fingerprint density at radius 1 is 1.41 bits per heavy atom. The second-order valence-corrected chi connectivity index (χ2v) is 5.72. The Morgan fingerprint density at radius 3 is 2.82 bits per heavy atom. The third-order valence-electron chi connectivity index (χ3n) is 4.19. The molecule has 0 aliphatic carbocycles. The van der Waals surface area contributed by atoms with E-state index in [0.717, 1.165) is 36.4 Å². The van der Waals surface area contributed by atoms with Crippen molar-refractivity contribution >= 4 is 5.91 Å². The number of aromatic nitrogens is 2. The van der Waals surface area contributed by atoms with Crippen LogP contribution in [0.5, 0.6) is 5.88 Å². The van der Waals surface area contributed by atoms with Crippen LogP contribution in [0.3, 0.4) is 0 Å². The zero-order valence-electron chi connectivity index (χ0n) is 13.5. The summed E-state index contributed by atoms with van der Waals surface area (Å²) in [5.74, 6) is 2.12. The standard InChI is InChI=1S/C16H21N3O3/c1-10-8-13(11(2)22-10)16(20)19-7-5-6-12-14(9-19)18(3)17-15(12)21-4/h8H,5-7,9H2,1-4H3. The van der Waals surface area contributed by atoms with E-state index in [2.05, 4.69) is 5.10 Å². The molecule has 2 aromatic heterocycles. The van der Waals surface area contributed by atoms with Crippen molar-refractivity contribution in [2.45, 2.75) is 33.2 Å². The van der Waals surface area contributed by atoms with Crippen LogP contribution >= 0.6 is 0 Å². The van der Waals surface area contributed by atoms with Gasteiger partial charge in [-0.05, 0) is 32.8 Å². The number of rotatable bonds is 2. The van der Waals surface area contributed by atoms with E-state index in [1.807, 2.05) is 36.5 Å². The smallest absolute Gasteiger partial charge is 0.257 e. The first-order chi connectivity index (χ1) is 10.5. The summed E-state index contributed by atoms with van der Waals surface area (Å²) in [6, 6.07) is 1.81. The van der Waals surface area contributed by atoms with Crippen molar-refractivity contribution in [1.82, 2.24) is 14.7 Å². The van der Waals surface area contributed by atoms with Gasteiger partial charge in [0.15, 0.2) is 0 Å². The summed E-state index contributed by atoms with van der Waals surface area (Å²) in [6.07, 6.45) is 1.77. The van der Waals surface area contributed by atoms with Crippen molar-refractivity contribution in [2.75, 3.05) is 13.7 Å². The molecule has 0 radical (unpaired) electrons. The maximum atomic E-state index is 12.8. The molecule has 0 saturated carbocycles. The molecule has 0 atom stereocenters. The van der Waals surface area contributed by atoms with Gasteiger partial charge in [-0.2, -0.15) is 0 Å². The lowest BCUT2D eigenvalue weighted by atomic mass is 10.1. The molecular weight excluding hydrogens is 282 g/mol. The van der Waals surface area contributed by atoms with Crippen LogP contribution in [-0.4, -0.2) is 34.2 Å². The highest BCUT2D eigenvalue weighted by molar-refractivity contribution is 5.95. The zero-order valence-corrected chi connectivity index (χ0v) is 13.5. The minimum absolute atomic E-state index is 0.0161. The van der Waals surface area contributed by atoms with Crippen LogP contribution in [0.15, 0.2) is 10.5 Å². The molecule has 6 heteroatoms. The molecule has 1 aliphatic rings. The zero-order chi connectivity index (χ0) is 15.9. The minimum Gasteiger partial charge on any atom is -0.480 e. The molecular formula is C16H21N3O3. The fourth-order valence-corrected chi connectivity index (χ4v) is 3.08. The van der Waals surface area contributed by atoms with E-state index in [1.54, 1.807) is 7.11 Å². The molecule has 118 valence electrons. The summed E-state index contributed by atoms with van der Waals surface area (Å²) in [4.78, 5) is 14.7. The van der Waals surface area contributed by atoms with Crippen molar-refractivity contribution in [2.24, 2.45) is 7.05 Å². The predicted octanol–water partition coefficient (Wildman–Crippen LogP) is 2.23. The van der Waals surface area contributed by atoms with Gasteiger partial charge in [0.25, 0.3) is 5.91 Å². The number of methoxy groups -OCH3 is 1. The second-order valence-electron chi connectivity index (χ2n) is 5.72. The van der Waals surface area contributed by atoms with Crippen LogP contribution in [0.2, 0.25) is 0 Å². The Labute approximate surface area is 129 Å². The van der Waals surface area contributed by atoms with Crippen LogP contribution < -0.4 is 4.74 Å². The predicted molar refractivity (Wildman–Crippen MR) is 81.0 cm³/mol. The number of carbonyl (C=O) groups is 1. The van der Waals surface area contributed by atoms with Crippen LogP contribution in [0.25, 0.3) is 0 Å². The monoisotopic (exact) mass is 303 g/mol. The summed E-state index contributed by atoms with van der Waals surface area (Å²) in [5, 5.41) is 4.38. The van der Waals surface area contributed by atoms with Gasteiger partial charge in [-0.25, -0.2) is 0 Å². The van der Waals surface area contributed by atoms with Gasteiger partial charge in [0.1, 0.15) is 11.5 Å². The number of hydrogen-bond acceptors (Lipinski definition) is 4. The number of aryl methyl sites for hydroxylation is 3. The molecule has 0 aromatic carbocycles. The molecule has 1 amide bonds. The third-order valence-corrected chi connectivity index (χ3v) is 4.19. The fraction of sp³-hybridized carbons (Fsp3) is 0.500. The van der Waals surface area contributed by atoms with Crippen LogP contribution in [0.1, 0.15) is 39.6 Å². The highest BCUT2D eigenvalue weighted by Crippen LogP contribution is 2.28. The van der Waals surface area contributed by atoms with Gasteiger partial charge in [-0.3, -0.25) is 9.48 Å². The highest BCUT2D eigenvalue weighted by atomic mass is 16.5. The van der Waals surface area contributed by atoms with Gasteiger partial charge < -0.3 is 14.1 Å². The Morgan fingerprint density at radius 2 is 2.18 bits per heavy atom. The lowest BCUT2D eigenvalue weighted by Gasteiger charge is -2.20. The lowest BCUT2D eigenvalue weighted by molar-refractivity contribution is 0.0740. The van der Waals surface area contributed by atoms with Crippen molar-refractivity contribution < 1.29 is 13.9 Å². The van der Waals surface area contributed by atoms with Crippen LogP contribution in [0.4, 0.5) is 0 Å². The molecule has 1 aliphatic heterocycles. The average molecular weight is 303 g/mol. The van der Waals surface area contributed by atoms with E-state index < -0.39 is 0 Å². The normalized spacial score (nSPS) is 14.6. The molecule has 2 aromatic rings. The van der Waals surface area contributed by atoms with Gasteiger partial charge in [-0.1, -0.05) is 0 Å². The summed E-state index contributed by atoms with van der Waals surface area (Å²) in [5.41, 5.74) is 2.80. The average Bonchev–Trinajstić information content (AvgIpc) is 2.87. The molecule has 0 saturated heterocycles. The third kappa shape index (κ3) is 2.38. The van der Waals surface area contributed by atoms with Crippen molar-refractivity contribution in [3.05, 3.63) is 34.4 Å². The fourth-order valence-electron chi connectivity index (χ4n) is 3.08. The summed E-state index contributed by atoms with van der Waals surface area (Å²) >= 11 is 0. The largest absolute Gasteiger partial charge is 0.480 e. The van der Waals surface area contributed by atoms with Gasteiger partial charge in [0.05, 0.1) is 24.9 Å². The topological polar surface area (TPSA) is 60.5 Å². The molecule has 3 rings (SSSR count). The first-order valence-corrected chi connectivity index (χ1v) is 7.46. The van der Waals surface area contributed by atoms with Crippen molar-refractivity contribution in [3.63, 3.8) is 0 Å². The summed E-state index contributed by atoms with van der Waals surface area (Å²) in [7, 11) is 3.52. The molecule has 0 fully saturated rings. The van der Waals surface area contributed by atoms with Gasteiger partial charge >= 0.3 is 0 Å². The summed E-state index contributed by atoms with van der Waals surface area (Å²) in [6.45, 7) is 4.96. The van der Waals surface area contributed by atoms with Gasteiger partial charge in [-0.15, -0.1) is 5.10 Å². The summed E-state index contributed by atoms with van der Waals surface area (Å²) < 4.78 is 12.6. The second kappa shape index (κ2) is 5.51. The Hall–Kier alpha value is -2.24. The highest BCUT2D eigenvalue weighted by Gasteiger charge is 2.27. The Kier molecular flexibility index (Phi) is 3.68. The van der Waals surface area contributed by atoms with E-state index in [9.17, 15) is 4.79 Å². The molecule has 0 spiro atoms. The molecule has 0 unspecified atom stereocenters. The maximum absolute atomic E-state index is 12.8. The van der Waals surface area contributed by atoms with Crippen molar-refractivity contribution in [1.29, 1.82) is 0 Å². The number of hydrogen-bond donors (Lipinski definition) is 0. The van der Waals surface area contributed by atoms with E-state index in [-0.39, 0.29) is 5.91 Å². The number of furan rings is 1. The Balaban J connectivity index is 1.91. The van der Waals surface area contributed by atoms with E-state index in [1.165, 1.54) is 0 Å². The molecule has 0 bridgehead atoms. The maximum Gasteiger partial charge on any atom is 0.257 e. The van der Waals surface area contributed by atoms with Crippen molar-refractivity contribution in [3.8, 4) is 5.88 Å². The molecule has 0 N–H and O–H groups in total. The minimum atomic E-state index is 0.0161. The quantitative estimate of drug-likeness (QED) is 0.853. The number of fused-ring (bicyclic) bond motifs is 1. The van der Waals surface area contributed by atoms with E-state index in [4.69, 9.17) is 9.15 Å².